The van der Waals surface area contributed by atoms with Gasteiger partial charge in [-0.15, -0.1) is 0 Å². The standard InChI is InChI=1S/C21H19NO4S/c1-16-6-5-9-19(12-16)27(23,24)22(18-7-3-2-4-8-18)14-17-10-11-20-21(13-17)26-15-25-20/h2-13H,14-15H2,1H3. The van der Waals surface area contributed by atoms with Crippen molar-refractivity contribution in [1.29, 1.82) is 0 Å². The zero-order valence-corrected chi connectivity index (χ0v) is 15.6. The van der Waals surface area contributed by atoms with Crippen LogP contribution in [0.15, 0.2) is 77.7 Å². The Balaban J connectivity index is 1.76. The van der Waals surface area contributed by atoms with Crippen molar-refractivity contribution in [3.63, 3.8) is 0 Å². The molecule has 0 radical (unpaired) electrons. The van der Waals surface area contributed by atoms with Gasteiger partial charge >= 0.3 is 0 Å². The lowest BCUT2D eigenvalue weighted by atomic mass is 10.2. The average molecular weight is 381 g/mol. The van der Waals surface area contributed by atoms with Crippen LogP contribution in [-0.4, -0.2) is 15.2 Å². The number of para-hydroxylation sites is 1. The molecule has 1 aliphatic rings. The molecule has 1 heterocycles. The summed E-state index contributed by atoms with van der Waals surface area (Å²) in [6.07, 6.45) is 0. The number of nitrogens with zero attached hydrogens (tertiary/aromatic N) is 1. The first kappa shape index (κ1) is 17.4. The van der Waals surface area contributed by atoms with E-state index in [0.29, 0.717) is 17.2 Å². The van der Waals surface area contributed by atoms with Gasteiger partial charge in [0.2, 0.25) is 6.79 Å². The van der Waals surface area contributed by atoms with Crippen LogP contribution in [0.1, 0.15) is 11.1 Å². The first-order chi connectivity index (χ1) is 13.0. The van der Waals surface area contributed by atoms with Crippen molar-refractivity contribution in [2.75, 3.05) is 11.1 Å². The molecule has 6 heteroatoms. The van der Waals surface area contributed by atoms with E-state index in [1.54, 1.807) is 36.4 Å². The zero-order chi connectivity index (χ0) is 18.9. The molecule has 0 fully saturated rings. The lowest BCUT2D eigenvalue weighted by Gasteiger charge is -2.25. The molecule has 0 saturated heterocycles. The normalized spacial score (nSPS) is 12.8. The van der Waals surface area contributed by atoms with E-state index in [0.717, 1.165) is 11.1 Å². The van der Waals surface area contributed by atoms with Gasteiger partial charge < -0.3 is 9.47 Å². The van der Waals surface area contributed by atoms with Crippen LogP contribution >= 0.6 is 0 Å². The second kappa shape index (κ2) is 6.96. The van der Waals surface area contributed by atoms with Gasteiger partial charge in [0.05, 0.1) is 17.1 Å². The number of sulfonamides is 1. The predicted octanol–water partition coefficient (Wildman–Crippen LogP) is 4.12. The average Bonchev–Trinajstić information content (AvgIpc) is 3.14. The first-order valence-electron chi connectivity index (χ1n) is 8.57. The maximum Gasteiger partial charge on any atom is 0.264 e. The summed E-state index contributed by atoms with van der Waals surface area (Å²) in [5.41, 5.74) is 2.32. The second-order valence-corrected chi connectivity index (χ2v) is 8.21. The molecule has 0 N–H and O–H groups in total. The molecule has 138 valence electrons. The quantitative estimate of drug-likeness (QED) is 0.667. The summed E-state index contributed by atoms with van der Waals surface area (Å²) in [7, 11) is -3.73. The maximum absolute atomic E-state index is 13.4. The molecule has 3 aromatic carbocycles. The van der Waals surface area contributed by atoms with Crippen LogP contribution in [0, 0.1) is 6.92 Å². The highest BCUT2D eigenvalue weighted by atomic mass is 32.2. The summed E-state index contributed by atoms with van der Waals surface area (Å²) < 4.78 is 39.0. The minimum atomic E-state index is -3.73. The number of benzene rings is 3. The van der Waals surface area contributed by atoms with Gasteiger partial charge in [0.15, 0.2) is 11.5 Å². The number of hydrogen-bond donors (Lipinski definition) is 0. The molecule has 0 atom stereocenters. The van der Waals surface area contributed by atoms with Crippen molar-refractivity contribution in [2.45, 2.75) is 18.4 Å². The second-order valence-electron chi connectivity index (χ2n) is 6.35. The third-order valence-corrected chi connectivity index (χ3v) is 6.15. The van der Waals surface area contributed by atoms with Crippen LogP contribution in [0.5, 0.6) is 11.5 Å². The highest BCUT2D eigenvalue weighted by Gasteiger charge is 2.26. The number of fused-ring (bicyclic) bond motifs is 1. The molecule has 0 spiro atoms. The van der Waals surface area contributed by atoms with Gasteiger partial charge in [-0.05, 0) is 54.4 Å². The molecule has 0 unspecified atom stereocenters. The Labute approximate surface area is 158 Å². The Morgan fingerprint density at radius 1 is 0.889 bits per heavy atom. The van der Waals surface area contributed by atoms with Crippen LogP contribution in [0.3, 0.4) is 0 Å². The van der Waals surface area contributed by atoms with Gasteiger partial charge in [-0.2, -0.15) is 0 Å². The molecular weight excluding hydrogens is 362 g/mol. The van der Waals surface area contributed by atoms with E-state index >= 15 is 0 Å². The monoisotopic (exact) mass is 381 g/mol. The molecule has 5 nitrogen and oxygen atoms in total. The fraction of sp³-hybridized carbons (Fsp3) is 0.143. The number of anilines is 1. The number of ether oxygens (including phenoxy) is 2. The largest absolute Gasteiger partial charge is 0.454 e. The van der Waals surface area contributed by atoms with Gasteiger partial charge in [-0.1, -0.05) is 36.4 Å². The Kier molecular flexibility index (Phi) is 4.49. The molecule has 0 aliphatic carbocycles. The Morgan fingerprint density at radius 3 is 2.44 bits per heavy atom. The molecule has 0 amide bonds. The lowest BCUT2D eigenvalue weighted by molar-refractivity contribution is 0.174. The zero-order valence-electron chi connectivity index (χ0n) is 14.8. The molecule has 0 aromatic heterocycles. The van der Waals surface area contributed by atoms with Gasteiger partial charge in [-0.25, -0.2) is 8.42 Å². The lowest BCUT2D eigenvalue weighted by Crippen LogP contribution is -2.30. The topological polar surface area (TPSA) is 55.8 Å². The fourth-order valence-corrected chi connectivity index (χ4v) is 4.58. The van der Waals surface area contributed by atoms with Crippen molar-refractivity contribution < 1.29 is 17.9 Å². The first-order valence-corrected chi connectivity index (χ1v) is 10.0. The highest BCUT2D eigenvalue weighted by molar-refractivity contribution is 7.92. The summed E-state index contributed by atoms with van der Waals surface area (Å²) in [4.78, 5) is 0.270. The SMILES string of the molecule is Cc1cccc(S(=O)(=O)N(Cc2ccc3c(c2)OCO3)c2ccccc2)c1. The third kappa shape index (κ3) is 3.48. The Hall–Kier alpha value is -2.99. The summed E-state index contributed by atoms with van der Waals surface area (Å²) >= 11 is 0. The van der Waals surface area contributed by atoms with Gasteiger partial charge in [-0.3, -0.25) is 4.31 Å². The molecule has 0 saturated carbocycles. The van der Waals surface area contributed by atoms with Crippen molar-refractivity contribution >= 4 is 15.7 Å². The fourth-order valence-electron chi connectivity index (χ4n) is 3.02. The van der Waals surface area contributed by atoms with E-state index in [1.807, 2.05) is 43.3 Å². The molecule has 0 bridgehead atoms. The highest BCUT2D eigenvalue weighted by Crippen LogP contribution is 2.34. The van der Waals surface area contributed by atoms with Gasteiger partial charge in [0, 0.05) is 0 Å². The maximum atomic E-state index is 13.4. The molecule has 4 rings (SSSR count). The van der Waals surface area contributed by atoms with E-state index in [1.165, 1.54) is 4.31 Å². The molecular formula is C21H19NO4S. The Bertz CT molecular complexity index is 1060. The van der Waals surface area contributed by atoms with Crippen LogP contribution in [-0.2, 0) is 16.6 Å². The molecule has 27 heavy (non-hydrogen) atoms. The van der Waals surface area contributed by atoms with Crippen LogP contribution < -0.4 is 13.8 Å². The van der Waals surface area contributed by atoms with Crippen LogP contribution in [0.25, 0.3) is 0 Å². The number of hydrogen-bond acceptors (Lipinski definition) is 4. The molecule has 3 aromatic rings. The van der Waals surface area contributed by atoms with Crippen LogP contribution in [0.2, 0.25) is 0 Å². The van der Waals surface area contributed by atoms with Crippen molar-refractivity contribution in [3.8, 4) is 11.5 Å². The van der Waals surface area contributed by atoms with E-state index in [4.69, 9.17) is 9.47 Å². The number of rotatable bonds is 5. The van der Waals surface area contributed by atoms with E-state index < -0.39 is 10.0 Å². The van der Waals surface area contributed by atoms with E-state index in [2.05, 4.69) is 0 Å². The van der Waals surface area contributed by atoms with Gasteiger partial charge in [0.25, 0.3) is 10.0 Å². The third-order valence-electron chi connectivity index (χ3n) is 4.38. The van der Waals surface area contributed by atoms with Crippen LogP contribution in [0.4, 0.5) is 5.69 Å². The van der Waals surface area contributed by atoms with Crippen molar-refractivity contribution in [3.05, 3.63) is 83.9 Å². The predicted molar refractivity (Wildman–Crippen MR) is 104 cm³/mol. The summed E-state index contributed by atoms with van der Waals surface area (Å²) in [5, 5.41) is 0. The summed E-state index contributed by atoms with van der Waals surface area (Å²) in [6, 6.07) is 21.5. The van der Waals surface area contributed by atoms with E-state index in [9.17, 15) is 8.42 Å². The minimum absolute atomic E-state index is 0.183. The van der Waals surface area contributed by atoms with E-state index in [-0.39, 0.29) is 18.2 Å². The van der Waals surface area contributed by atoms with Crippen molar-refractivity contribution in [2.24, 2.45) is 0 Å². The van der Waals surface area contributed by atoms with Crippen molar-refractivity contribution in [1.82, 2.24) is 0 Å². The smallest absolute Gasteiger partial charge is 0.264 e. The summed E-state index contributed by atoms with van der Waals surface area (Å²) in [5.74, 6) is 1.31. The molecule has 1 aliphatic heterocycles. The van der Waals surface area contributed by atoms with Gasteiger partial charge in [0.1, 0.15) is 0 Å². The summed E-state index contributed by atoms with van der Waals surface area (Å²) in [6.45, 7) is 2.25. The Morgan fingerprint density at radius 2 is 1.67 bits per heavy atom. The number of aryl methyl sites for hydroxylation is 1. The minimum Gasteiger partial charge on any atom is -0.454 e.